The number of ether oxygens (including phenoxy) is 1. The molecule has 1 saturated carbocycles. The van der Waals surface area contributed by atoms with Gasteiger partial charge in [0.25, 0.3) is 11.8 Å². The lowest BCUT2D eigenvalue weighted by molar-refractivity contribution is 0.0416. The Bertz CT molecular complexity index is 1520. The number of benzene rings is 2. The van der Waals surface area contributed by atoms with E-state index in [-0.39, 0.29) is 35.1 Å². The van der Waals surface area contributed by atoms with E-state index in [4.69, 9.17) is 4.74 Å². The molecule has 3 aromatic rings. The van der Waals surface area contributed by atoms with Crippen LogP contribution in [0.1, 0.15) is 57.7 Å². The number of amides is 2. The van der Waals surface area contributed by atoms with Crippen molar-refractivity contribution in [3.63, 3.8) is 0 Å². The first-order valence-electron chi connectivity index (χ1n) is 12.9. The maximum absolute atomic E-state index is 14.1. The third kappa shape index (κ3) is 4.37. The molecule has 1 aliphatic carbocycles. The molecule has 1 aromatic heterocycles. The largest absolute Gasteiger partial charge is 0.483 e. The van der Waals surface area contributed by atoms with Crippen LogP contribution in [0, 0.1) is 23.4 Å². The van der Waals surface area contributed by atoms with Crippen LogP contribution < -0.4 is 15.5 Å². The summed E-state index contributed by atoms with van der Waals surface area (Å²) in [5.74, 6) is -4.41. The highest BCUT2D eigenvalue weighted by atomic mass is 19.1. The number of hydrogen-bond donors (Lipinski definition) is 1. The Morgan fingerprint density at radius 2 is 1.85 bits per heavy atom. The van der Waals surface area contributed by atoms with Crippen LogP contribution in [0.5, 0.6) is 5.75 Å². The first-order chi connectivity index (χ1) is 18.8. The second-order valence-corrected chi connectivity index (χ2v) is 10.6. The average Bonchev–Trinajstić information content (AvgIpc) is 3.17. The third-order valence-corrected chi connectivity index (χ3v) is 8.09. The van der Waals surface area contributed by atoms with Crippen molar-refractivity contribution >= 4 is 11.8 Å². The highest BCUT2D eigenvalue weighted by Crippen LogP contribution is 2.48. The SMILES string of the molecule is O=C(NCc1c(F)cc(F)cc1F)c1cn2c(c(OCc3ccccc3)c1=O)C(=O)N1C[C@@H]3CCC[C@]1(C3)C2. The topological polar surface area (TPSA) is 80.6 Å². The Hall–Kier alpha value is -4.08. The molecule has 1 spiro atoms. The van der Waals surface area contributed by atoms with Crippen LogP contribution in [-0.2, 0) is 19.7 Å². The maximum Gasteiger partial charge on any atom is 0.275 e. The zero-order chi connectivity index (χ0) is 27.3. The Morgan fingerprint density at radius 1 is 1.10 bits per heavy atom. The van der Waals surface area contributed by atoms with E-state index in [9.17, 15) is 27.6 Å². The van der Waals surface area contributed by atoms with Crippen LogP contribution >= 0.6 is 0 Å². The minimum atomic E-state index is -1.15. The van der Waals surface area contributed by atoms with Gasteiger partial charge in [-0.2, -0.15) is 0 Å². The van der Waals surface area contributed by atoms with Gasteiger partial charge in [0.2, 0.25) is 5.43 Å². The monoisotopic (exact) mass is 537 g/mol. The van der Waals surface area contributed by atoms with Gasteiger partial charge in [-0.3, -0.25) is 14.4 Å². The molecule has 2 bridgehead atoms. The van der Waals surface area contributed by atoms with E-state index in [1.807, 2.05) is 35.2 Å². The van der Waals surface area contributed by atoms with E-state index in [2.05, 4.69) is 5.32 Å². The summed E-state index contributed by atoms with van der Waals surface area (Å²) in [6.07, 6.45) is 5.05. The fourth-order valence-corrected chi connectivity index (χ4v) is 6.30. The van der Waals surface area contributed by atoms with Crippen LogP contribution in [0.2, 0.25) is 0 Å². The van der Waals surface area contributed by atoms with Crippen molar-refractivity contribution in [2.24, 2.45) is 5.92 Å². The molecule has 39 heavy (non-hydrogen) atoms. The van der Waals surface area contributed by atoms with Crippen molar-refractivity contribution in [2.75, 3.05) is 6.54 Å². The summed E-state index contributed by atoms with van der Waals surface area (Å²) in [4.78, 5) is 42.4. The summed E-state index contributed by atoms with van der Waals surface area (Å²) in [6, 6.07) is 10.1. The highest BCUT2D eigenvalue weighted by molar-refractivity contribution is 5.99. The number of aromatic nitrogens is 1. The van der Waals surface area contributed by atoms with Crippen LogP contribution in [-0.4, -0.2) is 33.4 Å². The summed E-state index contributed by atoms with van der Waals surface area (Å²) >= 11 is 0. The second-order valence-electron chi connectivity index (χ2n) is 10.6. The number of nitrogens with one attached hydrogen (secondary N) is 1. The van der Waals surface area contributed by atoms with Crippen molar-refractivity contribution in [1.82, 2.24) is 14.8 Å². The summed E-state index contributed by atoms with van der Waals surface area (Å²) in [5, 5.41) is 2.36. The van der Waals surface area contributed by atoms with Crippen LogP contribution in [0.3, 0.4) is 0 Å². The fourth-order valence-electron chi connectivity index (χ4n) is 6.30. The number of fused-ring (bicyclic) bond motifs is 2. The van der Waals surface area contributed by atoms with E-state index in [1.54, 1.807) is 4.57 Å². The fraction of sp³-hybridized carbons (Fsp3) is 0.345. The van der Waals surface area contributed by atoms with Crippen LogP contribution in [0.25, 0.3) is 0 Å². The van der Waals surface area contributed by atoms with Gasteiger partial charge in [-0.25, -0.2) is 13.2 Å². The van der Waals surface area contributed by atoms with Crippen molar-refractivity contribution < 1.29 is 27.5 Å². The lowest BCUT2D eigenvalue weighted by atomic mass is 9.79. The Morgan fingerprint density at radius 3 is 2.59 bits per heavy atom. The predicted octanol–water partition coefficient (Wildman–Crippen LogP) is 4.17. The average molecular weight is 538 g/mol. The number of hydrogen-bond acceptors (Lipinski definition) is 4. The highest BCUT2D eigenvalue weighted by Gasteiger charge is 2.54. The molecule has 1 N–H and O–H groups in total. The lowest BCUT2D eigenvalue weighted by Crippen LogP contribution is -2.55. The van der Waals surface area contributed by atoms with Gasteiger partial charge in [-0.15, -0.1) is 0 Å². The standard InChI is InChI=1S/C29H26F3N3O4/c30-19-9-22(31)20(23(32)10-19)12-33-27(37)21-14-34-16-29-8-4-7-18(11-29)13-35(29)28(38)24(34)26(25(21)36)39-15-17-5-2-1-3-6-17/h1-3,5-6,9-10,14,18H,4,7-8,11-13,15-16H2,(H,33,37)/t18-,29+/m1/s1. The second kappa shape index (κ2) is 9.59. The molecule has 202 valence electrons. The van der Waals surface area contributed by atoms with E-state index in [0.29, 0.717) is 31.1 Å². The molecule has 2 amide bonds. The number of rotatable bonds is 6. The maximum atomic E-state index is 14.1. The molecule has 0 radical (unpaired) electrons. The molecule has 3 heterocycles. The normalized spacial score (nSPS) is 21.4. The number of nitrogens with zero attached hydrogens (tertiary/aromatic N) is 2. The summed E-state index contributed by atoms with van der Waals surface area (Å²) in [6.45, 7) is 0.438. The van der Waals surface area contributed by atoms with Gasteiger partial charge < -0.3 is 19.5 Å². The Kier molecular flexibility index (Phi) is 6.20. The van der Waals surface area contributed by atoms with E-state index >= 15 is 0 Å². The smallest absolute Gasteiger partial charge is 0.275 e. The van der Waals surface area contributed by atoms with Gasteiger partial charge >= 0.3 is 0 Å². The number of halogens is 3. The molecule has 6 rings (SSSR count). The first-order valence-corrected chi connectivity index (χ1v) is 12.9. The molecule has 2 aromatic carbocycles. The van der Waals surface area contributed by atoms with Gasteiger partial charge in [0.05, 0.1) is 5.54 Å². The zero-order valence-electron chi connectivity index (χ0n) is 21.0. The lowest BCUT2D eigenvalue weighted by Gasteiger charge is -2.44. The minimum absolute atomic E-state index is 0.00119. The van der Waals surface area contributed by atoms with Gasteiger partial charge in [0.1, 0.15) is 29.6 Å². The summed E-state index contributed by atoms with van der Waals surface area (Å²) in [5.41, 5.74) is -1.15. The molecular formula is C29H26F3N3O4. The van der Waals surface area contributed by atoms with Gasteiger partial charge in [-0.05, 0) is 30.7 Å². The van der Waals surface area contributed by atoms with Crippen LogP contribution in [0.4, 0.5) is 13.2 Å². The Balaban J connectivity index is 1.37. The number of carbonyl (C=O) groups is 2. The molecule has 10 heteroatoms. The van der Waals surface area contributed by atoms with Crippen molar-refractivity contribution in [2.45, 2.75) is 50.9 Å². The molecule has 1 saturated heterocycles. The minimum Gasteiger partial charge on any atom is -0.483 e. The molecule has 2 aliphatic heterocycles. The molecule has 2 fully saturated rings. The molecule has 3 aliphatic rings. The summed E-state index contributed by atoms with van der Waals surface area (Å²) < 4.78 is 49.1. The van der Waals surface area contributed by atoms with Crippen molar-refractivity contribution in [3.05, 3.63) is 98.7 Å². The van der Waals surface area contributed by atoms with Crippen molar-refractivity contribution in [3.8, 4) is 5.75 Å². The predicted molar refractivity (Wildman–Crippen MR) is 135 cm³/mol. The van der Waals surface area contributed by atoms with Crippen LogP contribution in [0.15, 0.2) is 53.5 Å². The quantitative estimate of drug-likeness (QED) is 0.512. The number of pyridine rings is 1. The molecule has 7 nitrogen and oxygen atoms in total. The number of carbonyl (C=O) groups excluding carboxylic acids is 2. The summed E-state index contributed by atoms with van der Waals surface area (Å²) in [7, 11) is 0. The van der Waals surface area contributed by atoms with Gasteiger partial charge in [0, 0.05) is 43.5 Å². The van der Waals surface area contributed by atoms with Crippen molar-refractivity contribution in [1.29, 1.82) is 0 Å². The zero-order valence-corrected chi connectivity index (χ0v) is 21.0. The molecule has 2 atom stereocenters. The van der Waals surface area contributed by atoms with E-state index in [0.717, 1.165) is 31.2 Å². The molecule has 0 unspecified atom stereocenters. The van der Waals surface area contributed by atoms with E-state index < -0.39 is 40.9 Å². The van der Waals surface area contributed by atoms with Gasteiger partial charge in [0.15, 0.2) is 11.4 Å². The Labute approximate surface area is 222 Å². The van der Waals surface area contributed by atoms with E-state index in [1.165, 1.54) is 6.20 Å². The third-order valence-electron chi connectivity index (χ3n) is 8.09. The first kappa shape index (κ1) is 25.2. The van der Waals surface area contributed by atoms with Gasteiger partial charge in [-0.1, -0.05) is 36.8 Å². The molecular weight excluding hydrogens is 511 g/mol.